The smallest absolute Gasteiger partial charge is 0.0477 e. The first-order chi connectivity index (χ1) is 8.24. The van der Waals surface area contributed by atoms with Gasteiger partial charge in [-0.3, -0.25) is 0 Å². The molecule has 1 heterocycles. The molecule has 3 nitrogen and oxygen atoms in total. The second kappa shape index (κ2) is 8.90. The first kappa shape index (κ1) is 14.9. The summed E-state index contributed by atoms with van der Waals surface area (Å²) in [6, 6.07) is 0. The fourth-order valence-electron chi connectivity index (χ4n) is 2.36. The second-order valence-electron chi connectivity index (χ2n) is 5.34. The zero-order chi connectivity index (χ0) is 12.5. The summed E-state index contributed by atoms with van der Waals surface area (Å²) in [4.78, 5) is 2.60. The van der Waals surface area contributed by atoms with Crippen molar-refractivity contribution in [3.05, 3.63) is 0 Å². The molecule has 0 aromatic carbocycles. The molecule has 0 amide bonds. The molecule has 1 rings (SSSR count). The van der Waals surface area contributed by atoms with Gasteiger partial charge in [-0.1, -0.05) is 13.8 Å². The first-order valence-corrected chi connectivity index (χ1v) is 7.24. The van der Waals surface area contributed by atoms with Gasteiger partial charge in [0.05, 0.1) is 0 Å². The van der Waals surface area contributed by atoms with Crippen molar-refractivity contribution in [2.24, 2.45) is 11.8 Å². The van der Waals surface area contributed by atoms with Crippen LogP contribution in [0.3, 0.4) is 0 Å². The highest BCUT2D eigenvalue weighted by molar-refractivity contribution is 4.75. The van der Waals surface area contributed by atoms with Gasteiger partial charge < -0.3 is 15.0 Å². The monoisotopic (exact) mass is 242 g/mol. The summed E-state index contributed by atoms with van der Waals surface area (Å²) in [5.74, 6) is 1.77. The number of rotatable bonds is 8. The average molecular weight is 242 g/mol. The molecule has 2 atom stereocenters. The predicted molar refractivity (Wildman–Crippen MR) is 73.4 cm³/mol. The quantitative estimate of drug-likeness (QED) is 0.659. The van der Waals surface area contributed by atoms with E-state index in [1.807, 2.05) is 6.92 Å². The molecule has 1 aliphatic heterocycles. The SMILES string of the molecule is CCOCCCNCCN1CCC(C)C(C)C1. The van der Waals surface area contributed by atoms with Crippen molar-refractivity contribution in [3.8, 4) is 0 Å². The summed E-state index contributed by atoms with van der Waals surface area (Å²) < 4.78 is 5.31. The van der Waals surface area contributed by atoms with E-state index >= 15 is 0 Å². The number of nitrogens with zero attached hydrogens (tertiary/aromatic N) is 1. The Labute approximate surface area is 107 Å². The number of hydrogen-bond donors (Lipinski definition) is 1. The lowest BCUT2D eigenvalue weighted by atomic mass is 9.89. The molecular weight excluding hydrogens is 212 g/mol. The van der Waals surface area contributed by atoms with Crippen LogP contribution in [0.25, 0.3) is 0 Å². The van der Waals surface area contributed by atoms with Crippen molar-refractivity contribution in [1.29, 1.82) is 0 Å². The normalized spacial score (nSPS) is 26.3. The molecule has 0 radical (unpaired) electrons. The van der Waals surface area contributed by atoms with E-state index in [0.29, 0.717) is 0 Å². The zero-order valence-corrected chi connectivity index (χ0v) is 11.9. The summed E-state index contributed by atoms with van der Waals surface area (Å²) in [5.41, 5.74) is 0. The highest BCUT2D eigenvalue weighted by atomic mass is 16.5. The lowest BCUT2D eigenvalue weighted by molar-refractivity contribution is 0.135. The molecule has 0 aliphatic carbocycles. The summed E-state index contributed by atoms with van der Waals surface area (Å²) in [6.45, 7) is 14.5. The molecular formula is C14H30N2O. The molecule has 1 saturated heterocycles. The van der Waals surface area contributed by atoms with Crippen LogP contribution >= 0.6 is 0 Å². The zero-order valence-electron chi connectivity index (χ0n) is 11.9. The minimum Gasteiger partial charge on any atom is -0.382 e. The maximum atomic E-state index is 5.31. The Morgan fingerprint density at radius 1 is 1.24 bits per heavy atom. The van der Waals surface area contributed by atoms with Crippen molar-refractivity contribution in [2.75, 3.05) is 45.9 Å². The Hall–Kier alpha value is -0.120. The Morgan fingerprint density at radius 3 is 2.76 bits per heavy atom. The Balaban J connectivity index is 1.92. The molecule has 1 fully saturated rings. The van der Waals surface area contributed by atoms with Crippen LogP contribution in [0.1, 0.15) is 33.6 Å². The lowest BCUT2D eigenvalue weighted by Gasteiger charge is -2.35. The van der Waals surface area contributed by atoms with Crippen LogP contribution in [-0.4, -0.2) is 50.8 Å². The van der Waals surface area contributed by atoms with Crippen LogP contribution in [0, 0.1) is 11.8 Å². The highest BCUT2D eigenvalue weighted by Gasteiger charge is 2.21. The summed E-state index contributed by atoms with van der Waals surface area (Å²) in [6.07, 6.45) is 2.49. The van der Waals surface area contributed by atoms with E-state index in [0.717, 1.165) is 44.6 Å². The van der Waals surface area contributed by atoms with Crippen molar-refractivity contribution < 1.29 is 4.74 Å². The van der Waals surface area contributed by atoms with Gasteiger partial charge in [-0.2, -0.15) is 0 Å². The van der Waals surface area contributed by atoms with E-state index in [2.05, 4.69) is 24.1 Å². The molecule has 1 aliphatic rings. The number of nitrogens with one attached hydrogen (secondary N) is 1. The Kier molecular flexibility index (Phi) is 7.82. The molecule has 3 heteroatoms. The Bertz CT molecular complexity index is 187. The molecule has 1 N–H and O–H groups in total. The molecule has 102 valence electrons. The van der Waals surface area contributed by atoms with Gasteiger partial charge in [-0.25, -0.2) is 0 Å². The van der Waals surface area contributed by atoms with Crippen LogP contribution in [0.15, 0.2) is 0 Å². The molecule has 2 unspecified atom stereocenters. The lowest BCUT2D eigenvalue weighted by Crippen LogP contribution is -2.41. The standard InChI is InChI=1S/C14H30N2O/c1-4-17-11-5-7-15-8-10-16-9-6-13(2)14(3)12-16/h13-15H,4-12H2,1-3H3. The van der Waals surface area contributed by atoms with E-state index in [1.54, 1.807) is 0 Å². The number of ether oxygens (including phenoxy) is 1. The number of piperidine rings is 1. The third-order valence-electron chi connectivity index (χ3n) is 3.87. The van der Waals surface area contributed by atoms with Gasteiger partial charge in [0.25, 0.3) is 0 Å². The molecule has 0 spiro atoms. The van der Waals surface area contributed by atoms with Gasteiger partial charge >= 0.3 is 0 Å². The molecule has 0 aromatic heterocycles. The fourth-order valence-corrected chi connectivity index (χ4v) is 2.36. The van der Waals surface area contributed by atoms with Crippen molar-refractivity contribution in [2.45, 2.75) is 33.6 Å². The van der Waals surface area contributed by atoms with E-state index in [1.165, 1.54) is 26.1 Å². The molecule has 17 heavy (non-hydrogen) atoms. The average Bonchev–Trinajstić information content (AvgIpc) is 2.32. The van der Waals surface area contributed by atoms with Crippen LogP contribution in [0.2, 0.25) is 0 Å². The predicted octanol–water partition coefficient (Wildman–Crippen LogP) is 1.98. The minimum atomic E-state index is 0.837. The van der Waals surface area contributed by atoms with Gasteiger partial charge in [-0.15, -0.1) is 0 Å². The first-order valence-electron chi connectivity index (χ1n) is 7.24. The van der Waals surface area contributed by atoms with Crippen LogP contribution < -0.4 is 5.32 Å². The van der Waals surface area contributed by atoms with Crippen LogP contribution in [-0.2, 0) is 4.74 Å². The third-order valence-corrected chi connectivity index (χ3v) is 3.87. The molecule has 0 saturated carbocycles. The van der Waals surface area contributed by atoms with E-state index < -0.39 is 0 Å². The summed E-state index contributed by atoms with van der Waals surface area (Å²) in [7, 11) is 0. The maximum Gasteiger partial charge on any atom is 0.0477 e. The largest absolute Gasteiger partial charge is 0.382 e. The third kappa shape index (κ3) is 6.39. The van der Waals surface area contributed by atoms with Crippen molar-refractivity contribution >= 4 is 0 Å². The second-order valence-corrected chi connectivity index (χ2v) is 5.34. The fraction of sp³-hybridized carbons (Fsp3) is 1.00. The highest BCUT2D eigenvalue weighted by Crippen LogP contribution is 2.21. The van der Waals surface area contributed by atoms with E-state index in [4.69, 9.17) is 4.74 Å². The van der Waals surface area contributed by atoms with E-state index in [9.17, 15) is 0 Å². The number of likely N-dealkylation sites (tertiary alicyclic amines) is 1. The van der Waals surface area contributed by atoms with Gasteiger partial charge in [0.15, 0.2) is 0 Å². The molecule has 0 aromatic rings. The van der Waals surface area contributed by atoms with Crippen molar-refractivity contribution in [3.63, 3.8) is 0 Å². The van der Waals surface area contributed by atoms with E-state index in [-0.39, 0.29) is 0 Å². The minimum absolute atomic E-state index is 0.837. The van der Waals surface area contributed by atoms with Crippen molar-refractivity contribution in [1.82, 2.24) is 10.2 Å². The summed E-state index contributed by atoms with van der Waals surface area (Å²) >= 11 is 0. The van der Waals surface area contributed by atoms with Gasteiger partial charge in [0, 0.05) is 32.8 Å². The van der Waals surface area contributed by atoms with Gasteiger partial charge in [0.1, 0.15) is 0 Å². The number of hydrogen-bond acceptors (Lipinski definition) is 3. The Morgan fingerprint density at radius 2 is 2.06 bits per heavy atom. The van der Waals surface area contributed by atoms with Gasteiger partial charge in [0.2, 0.25) is 0 Å². The van der Waals surface area contributed by atoms with Crippen LogP contribution in [0.5, 0.6) is 0 Å². The topological polar surface area (TPSA) is 24.5 Å². The van der Waals surface area contributed by atoms with Gasteiger partial charge in [-0.05, 0) is 44.7 Å². The summed E-state index contributed by atoms with van der Waals surface area (Å²) in [5, 5.41) is 3.50. The molecule has 0 bridgehead atoms. The maximum absolute atomic E-state index is 5.31. The van der Waals surface area contributed by atoms with Crippen LogP contribution in [0.4, 0.5) is 0 Å².